The molecule has 3 N–H and O–H groups in total. The fourth-order valence-electron chi connectivity index (χ4n) is 2.93. The van der Waals surface area contributed by atoms with Crippen LogP contribution in [0.3, 0.4) is 0 Å². The molecule has 0 radical (unpaired) electrons. The van der Waals surface area contributed by atoms with Gasteiger partial charge in [0.05, 0.1) is 12.1 Å². The molecule has 6 nitrogen and oxygen atoms in total. The van der Waals surface area contributed by atoms with Gasteiger partial charge in [0, 0.05) is 25.4 Å². The second-order valence-corrected chi connectivity index (χ2v) is 6.65. The Balaban J connectivity index is 1.79. The van der Waals surface area contributed by atoms with Gasteiger partial charge in [-0.2, -0.15) is 0 Å². The van der Waals surface area contributed by atoms with Crippen molar-refractivity contribution in [3.63, 3.8) is 0 Å². The molecule has 0 saturated carbocycles. The Hall–Kier alpha value is -3.74. The highest BCUT2D eigenvalue weighted by atomic mass is 19.1. The summed E-state index contributed by atoms with van der Waals surface area (Å²) in [6.07, 6.45) is 2.26. The highest BCUT2D eigenvalue weighted by Gasteiger charge is 2.15. The van der Waals surface area contributed by atoms with E-state index in [4.69, 9.17) is 0 Å². The molecule has 0 aliphatic heterocycles. The van der Waals surface area contributed by atoms with E-state index in [9.17, 15) is 14.0 Å². The van der Waals surface area contributed by atoms with Crippen molar-refractivity contribution in [2.75, 3.05) is 25.5 Å². The Morgan fingerprint density at radius 2 is 1.80 bits per heavy atom. The Bertz CT molecular complexity index is 1020. The van der Waals surface area contributed by atoms with Gasteiger partial charge in [-0.15, -0.1) is 0 Å². The first-order valence-corrected chi connectivity index (χ1v) is 9.59. The molecule has 30 heavy (non-hydrogen) atoms. The van der Waals surface area contributed by atoms with Crippen LogP contribution in [-0.2, 0) is 11.2 Å². The number of aromatic nitrogens is 1. The Morgan fingerprint density at radius 3 is 2.53 bits per heavy atom. The highest BCUT2D eigenvalue weighted by Crippen LogP contribution is 2.23. The van der Waals surface area contributed by atoms with Gasteiger partial charge in [-0.05, 0) is 35.7 Å². The third-order valence-electron chi connectivity index (χ3n) is 4.52. The van der Waals surface area contributed by atoms with Gasteiger partial charge >= 0.3 is 0 Å². The molecule has 3 rings (SSSR count). The molecule has 0 spiro atoms. The number of rotatable bonds is 8. The van der Waals surface area contributed by atoms with Crippen molar-refractivity contribution in [3.05, 3.63) is 83.8 Å². The molecule has 2 amide bonds. The van der Waals surface area contributed by atoms with Crippen LogP contribution in [0.15, 0.2) is 66.9 Å². The van der Waals surface area contributed by atoms with Crippen LogP contribution >= 0.6 is 0 Å². The summed E-state index contributed by atoms with van der Waals surface area (Å²) in [5, 5.41) is 8.22. The number of nitrogens with zero attached hydrogens (tertiary/aromatic N) is 1. The Labute approximate surface area is 174 Å². The lowest BCUT2D eigenvalue weighted by atomic mass is 10.1. The van der Waals surface area contributed by atoms with Crippen molar-refractivity contribution in [2.45, 2.75) is 6.42 Å². The van der Waals surface area contributed by atoms with E-state index < -0.39 is 5.91 Å². The number of pyridine rings is 1. The predicted molar refractivity (Wildman–Crippen MR) is 115 cm³/mol. The van der Waals surface area contributed by atoms with Crippen LogP contribution in [0.1, 0.15) is 15.9 Å². The number of hydrogen-bond acceptors (Lipinski definition) is 4. The van der Waals surface area contributed by atoms with Crippen LogP contribution in [0.2, 0.25) is 0 Å². The van der Waals surface area contributed by atoms with Crippen LogP contribution < -0.4 is 16.0 Å². The molecule has 2 aromatic carbocycles. The van der Waals surface area contributed by atoms with Crippen LogP contribution in [0.4, 0.5) is 10.2 Å². The molecule has 1 heterocycles. The molecule has 0 atom stereocenters. The lowest BCUT2D eigenvalue weighted by Gasteiger charge is -2.13. The normalized spacial score (nSPS) is 10.3. The first kappa shape index (κ1) is 21.0. The van der Waals surface area contributed by atoms with Crippen LogP contribution in [0, 0.1) is 5.82 Å². The fourth-order valence-corrected chi connectivity index (χ4v) is 2.93. The SMILES string of the molecule is CNC(=O)CNC(=O)c1cc(-c2ccccc2)cnc1NCCc1cccc(F)c1. The number of carbonyl (C=O) groups is 2. The van der Waals surface area contributed by atoms with Crippen molar-refractivity contribution >= 4 is 17.6 Å². The number of likely N-dealkylation sites (N-methyl/N-ethyl adjacent to an activating group) is 1. The average molecular weight is 406 g/mol. The van der Waals surface area contributed by atoms with Crippen molar-refractivity contribution in [2.24, 2.45) is 0 Å². The van der Waals surface area contributed by atoms with E-state index in [-0.39, 0.29) is 18.3 Å². The van der Waals surface area contributed by atoms with E-state index in [1.807, 2.05) is 36.4 Å². The van der Waals surface area contributed by atoms with Gasteiger partial charge in [-0.3, -0.25) is 9.59 Å². The zero-order chi connectivity index (χ0) is 21.3. The van der Waals surface area contributed by atoms with E-state index in [0.29, 0.717) is 24.3 Å². The van der Waals surface area contributed by atoms with Crippen molar-refractivity contribution in [1.82, 2.24) is 15.6 Å². The van der Waals surface area contributed by atoms with E-state index in [1.165, 1.54) is 19.2 Å². The average Bonchev–Trinajstić information content (AvgIpc) is 2.78. The molecule has 0 bridgehead atoms. The van der Waals surface area contributed by atoms with E-state index in [2.05, 4.69) is 20.9 Å². The standard InChI is InChI=1S/C23H23FN4O2/c1-25-21(29)15-28-23(30)20-13-18(17-7-3-2-4-8-17)14-27-22(20)26-11-10-16-6-5-9-19(24)12-16/h2-9,12-14H,10-11,15H2,1H3,(H,25,29)(H,26,27)(H,28,30). The second kappa shape index (κ2) is 10.2. The topological polar surface area (TPSA) is 83.1 Å². The van der Waals surface area contributed by atoms with E-state index in [1.54, 1.807) is 18.3 Å². The largest absolute Gasteiger partial charge is 0.369 e. The van der Waals surface area contributed by atoms with Crippen molar-refractivity contribution in [3.8, 4) is 11.1 Å². The molecule has 3 aromatic rings. The summed E-state index contributed by atoms with van der Waals surface area (Å²) in [4.78, 5) is 28.6. The summed E-state index contributed by atoms with van der Waals surface area (Å²) in [6, 6.07) is 17.7. The van der Waals surface area contributed by atoms with Crippen LogP contribution in [0.25, 0.3) is 11.1 Å². The van der Waals surface area contributed by atoms with Gasteiger partial charge in [-0.1, -0.05) is 42.5 Å². The number of amides is 2. The predicted octanol–water partition coefficient (Wildman–Crippen LogP) is 3.02. The van der Waals surface area contributed by atoms with E-state index in [0.717, 1.165) is 16.7 Å². The van der Waals surface area contributed by atoms with Gasteiger partial charge in [0.1, 0.15) is 11.6 Å². The maximum absolute atomic E-state index is 13.4. The number of carbonyl (C=O) groups excluding carboxylic acids is 2. The zero-order valence-electron chi connectivity index (χ0n) is 16.6. The molecule has 1 aromatic heterocycles. The Morgan fingerprint density at radius 1 is 1.00 bits per heavy atom. The molecule has 154 valence electrons. The summed E-state index contributed by atoms with van der Waals surface area (Å²) < 4.78 is 13.4. The minimum absolute atomic E-state index is 0.131. The molecule has 0 unspecified atom stereocenters. The summed E-state index contributed by atoms with van der Waals surface area (Å²) in [5.74, 6) is -0.583. The number of hydrogen-bond donors (Lipinski definition) is 3. The molecule has 0 saturated heterocycles. The maximum Gasteiger partial charge on any atom is 0.255 e. The maximum atomic E-state index is 13.4. The van der Waals surface area contributed by atoms with Gasteiger partial charge in [0.2, 0.25) is 5.91 Å². The third-order valence-corrected chi connectivity index (χ3v) is 4.52. The monoisotopic (exact) mass is 406 g/mol. The number of halogens is 1. The third kappa shape index (κ3) is 5.64. The lowest BCUT2D eigenvalue weighted by molar-refractivity contribution is -0.119. The molecular formula is C23H23FN4O2. The first-order chi connectivity index (χ1) is 14.6. The summed E-state index contributed by atoms with van der Waals surface area (Å²) in [6.45, 7) is 0.338. The van der Waals surface area contributed by atoms with Gasteiger partial charge in [-0.25, -0.2) is 9.37 Å². The first-order valence-electron chi connectivity index (χ1n) is 9.59. The van der Waals surface area contributed by atoms with E-state index >= 15 is 0 Å². The summed E-state index contributed by atoms with van der Waals surface area (Å²) in [5.41, 5.74) is 2.89. The van der Waals surface area contributed by atoms with Crippen molar-refractivity contribution in [1.29, 1.82) is 0 Å². The second-order valence-electron chi connectivity index (χ2n) is 6.65. The van der Waals surface area contributed by atoms with Gasteiger partial charge in [0.25, 0.3) is 5.91 Å². The lowest BCUT2D eigenvalue weighted by Crippen LogP contribution is -2.35. The quantitative estimate of drug-likeness (QED) is 0.537. The Kier molecular flexibility index (Phi) is 7.10. The number of anilines is 1. The number of benzene rings is 2. The van der Waals surface area contributed by atoms with Crippen molar-refractivity contribution < 1.29 is 14.0 Å². The highest BCUT2D eigenvalue weighted by molar-refractivity contribution is 6.01. The fraction of sp³-hybridized carbons (Fsp3) is 0.174. The minimum Gasteiger partial charge on any atom is -0.369 e. The zero-order valence-corrected chi connectivity index (χ0v) is 16.6. The minimum atomic E-state index is -0.405. The molecule has 0 fully saturated rings. The molecule has 7 heteroatoms. The molecule has 0 aliphatic rings. The van der Waals surface area contributed by atoms with Crippen LogP contribution in [0.5, 0.6) is 0 Å². The number of nitrogens with one attached hydrogen (secondary N) is 3. The van der Waals surface area contributed by atoms with Gasteiger partial charge < -0.3 is 16.0 Å². The smallest absolute Gasteiger partial charge is 0.255 e. The molecular weight excluding hydrogens is 383 g/mol. The van der Waals surface area contributed by atoms with Crippen LogP contribution in [-0.4, -0.2) is 36.9 Å². The summed E-state index contributed by atoms with van der Waals surface area (Å²) in [7, 11) is 1.51. The van der Waals surface area contributed by atoms with Gasteiger partial charge in [0.15, 0.2) is 0 Å². The summed E-state index contributed by atoms with van der Waals surface area (Å²) >= 11 is 0. The molecule has 0 aliphatic carbocycles.